The Hall–Kier alpha value is -1.89. The van der Waals surface area contributed by atoms with Crippen LogP contribution in [0.1, 0.15) is 36.2 Å². The Bertz CT molecular complexity index is 598. The number of rotatable bonds is 4. The third kappa shape index (κ3) is 3.39. The number of carbonyl (C=O) groups excluding carboxylic acids is 1. The van der Waals surface area contributed by atoms with Crippen molar-refractivity contribution in [1.29, 1.82) is 0 Å². The first-order valence-electron chi connectivity index (χ1n) is 8.32. The highest BCUT2D eigenvalue weighted by atomic mass is 16.4. The Balaban J connectivity index is 1.57. The second kappa shape index (κ2) is 6.70. The molecule has 1 aromatic heterocycles. The highest BCUT2D eigenvalue weighted by molar-refractivity contribution is 5.79. The third-order valence-electron chi connectivity index (χ3n) is 5.00. The van der Waals surface area contributed by atoms with Crippen LogP contribution in [0.15, 0.2) is 0 Å². The van der Waals surface area contributed by atoms with Gasteiger partial charge >= 0.3 is 5.97 Å². The molecule has 0 saturated carbocycles. The van der Waals surface area contributed by atoms with Crippen molar-refractivity contribution in [1.82, 2.24) is 20.0 Å². The summed E-state index contributed by atoms with van der Waals surface area (Å²) >= 11 is 0. The van der Waals surface area contributed by atoms with E-state index in [1.165, 1.54) is 24.1 Å². The number of hydrogen-bond donors (Lipinski definition) is 2. The van der Waals surface area contributed by atoms with Gasteiger partial charge in [-0.1, -0.05) is 0 Å². The molecule has 23 heavy (non-hydrogen) atoms. The van der Waals surface area contributed by atoms with Crippen LogP contribution in [0, 0.1) is 0 Å². The molecule has 2 aliphatic rings. The zero-order chi connectivity index (χ0) is 16.4. The van der Waals surface area contributed by atoms with Gasteiger partial charge in [0, 0.05) is 38.2 Å². The lowest BCUT2D eigenvalue weighted by Crippen LogP contribution is -2.56. The molecule has 2 N–H and O–H groups in total. The van der Waals surface area contributed by atoms with E-state index in [0.29, 0.717) is 25.9 Å². The van der Waals surface area contributed by atoms with E-state index in [2.05, 4.69) is 10.2 Å². The molecule has 126 valence electrons. The number of aliphatic carboxylic acids is 1. The Kier molecular flexibility index (Phi) is 4.66. The second-order valence-corrected chi connectivity index (χ2v) is 6.51. The van der Waals surface area contributed by atoms with Gasteiger partial charge in [0.1, 0.15) is 6.04 Å². The molecule has 1 aromatic rings. The predicted molar refractivity (Wildman–Crippen MR) is 84.2 cm³/mol. The van der Waals surface area contributed by atoms with Crippen LogP contribution in [0.3, 0.4) is 0 Å². The lowest BCUT2D eigenvalue weighted by atomic mass is 9.94. The molecule has 1 amide bonds. The molecule has 0 radical (unpaired) electrons. The summed E-state index contributed by atoms with van der Waals surface area (Å²) in [6, 6.07) is -0.606. The lowest BCUT2D eigenvalue weighted by Gasteiger charge is -2.37. The van der Waals surface area contributed by atoms with Crippen molar-refractivity contribution in [3.05, 3.63) is 17.0 Å². The summed E-state index contributed by atoms with van der Waals surface area (Å²) < 4.78 is 0. The summed E-state index contributed by atoms with van der Waals surface area (Å²) in [5, 5.41) is 16.7. The molecule has 7 heteroatoms. The monoisotopic (exact) mass is 320 g/mol. The maximum atomic E-state index is 12.4. The summed E-state index contributed by atoms with van der Waals surface area (Å²) in [4.78, 5) is 27.1. The summed E-state index contributed by atoms with van der Waals surface area (Å²) in [5.74, 6) is -0.844. The van der Waals surface area contributed by atoms with E-state index < -0.39 is 12.0 Å². The van der Waals surface area contributed by atoms with Gasteiger partial charge in [-0.05, 0) is 38.3 Å². The van der Waals surface area contributed by atoms with Crippen molar-refractivity contribution >= 4 is 11.9 Å². The van der Waals surface area contributed by atoms with Crippen LogP contribution < -0.4 is 0 Å². The molecule has 0 aromatic carbocycles. The number of carboxylic acids is 1. The van der Waals surface area contributed by atoms with Gasteiger partial charge in [0.05, 0.1) is 5.69 Å². The number of carboxylic acid groups (broad SMARTS) is 1. The van der Waals surface area contributed by atoms with Gasteiger partial charge in [-0.2, -0.15) is 5.10 Å². The van der Waals surface area contributed by atoms with Crippen LogP contribution >= 0.6 is 0 Å². The number of hydrogen-bond acceptors (Lipinski definition) is 4. The minimum Gasteiger partial charge on any atom is -0.480 e. The number of nitrogens with one attached hydrogen (secondary N) is 1. The van der Waals surface area contributed by atoms with Crippen LogP contribution in [0.5, 0.6) is 0 Å². The van der Waals surface area contributed by atoms with Crippen molar-refractivity contribution in [2.45, 2.75) is 44.6 Å². The highest BCUT2D eigenvalue weighted by Gasteiger charge is 2.32. The van der Waals surface area contributed by atoms with E-state index >= 15 is 0 Å². The van der Waals surface area contributed by atoms with E-state index in [9.17, 15) is 14.7 Å². The lowest BCUT2D eigenvalue weighted by molar-refractivity contribution is -0.147. The fourth-order valence-corrected chi connectivity index (χ4v) is 3.51. The Morgan fingerprint density at radius 3 is 2.87 bits per heavy atom. The maximum Gasteiger partial charge on any atom is 0.322 e. The molecular formula is C16H24N4O3. The number of fused-ring (bicyclic) bond motifs is 1. The van der Waals surface area contributed by atoms with E-state index in [1.807, 2.05) is 0 Å². The van der Waals surface area contributed by atoms with Crippen molar-refractivity contribution in [3.8, 4) is 0 Å². The number of H-pyrrole nitrogens is 1. The van der Waals surface area contributed by atoms with Gasteiger partial charge in [0.15, 0.2) is 0 Å². The van der Waals surface area contributed by atoms with Gasteiger partial charge in [-0.3, -0.25) is 19.6 Å². The molecule has 2 heterocycles. The summed E-state index contributed by atoms with van der Waals surface area (Å²) in [6.07, 6.45) is 5.51. The molecule has 3 rings (SSSR count). The molecule has 7 nitrogen and oxygen atoms in total. The number of aromatic nitrogens is 2. The van der Waals surface area contributed by atoms with Gasteiger partial charge in [0.25, 0.3) is 0 Å². The Morgan fingerprint density at radius 1 is 1.30 bits per heavy atom. The van der Waals surface area contributed by atoms with Crippen molar-refractivity contribution in [3.63, 3.8) is 0 Å². The first-order chi connectivity index (χ1) is 11.1. The third-order valence-corrected chi connectivity index (χ3v) is 5.00. The van der Waals surface area contributed by atoms with E-state index in [4.69, 9.17) is 0 Å². The SMILES string of the molecule is CN1CCN(C(=O)CCc2n[nH]c3c2CCCC3)C[C@H]1C(=O)O. The molecular weight excluding hydrogens is 296 g/mol. The maximum absolute atomic E-state index is 12.4. The standard InChI is InChI=1S/C16H24N4O3/c1-19-8-9-20(10-14(19)16(22)23)15(21)7-6-13-11-4-2-3-5-12(11)17-18-13/h14H,2-10H2,1H3,(H,17,18)(H,22,23)/t14-/m0/s1. The zero-order valence-electron chi connectivity index (χ0n) is 13.5. The van der Waals surface area contributed by atoms with Crippen LogP contribution in [0.4, 0.5) is 0 Å². The van der Waals surface area contributed by atoms with Crippen LogP contribution in [-0.4, -0.2) is 69.7 Å². The minimum atomic E-state index is -0.869. The Morgan fingerprint density at radius 2 is 2.09 bits per heavy atom. The first-order valence-corrected chi connectivity index (χ1v) is 8.32. The van der Waals surface area contributed by atoms with Gasteiger partial charge < -0.3 is 10.0 Å². The molecule has 1 atom stereocenters. The smallest absolute Gasteiger partial charge is 0.322 e. The van der Waals surface area contributed by atoms with Crippen molar-refractivity contribution in [2.75, 3.05) is 26.7 Å². The number of aryl methyl sites for hydroxylation is 2. The van der Waals surface area contributed by atoms with Gasteiger partial charge in [0.2, 0.25) is 5.91 Å². The van der Waals surface area contributed by atoms with Crippen LogP contribution in [-0.2, 0) is 28.9 Å². The highest BCUT2D eigenvalue weighted by Crippen LogP contribution is 2.23. The molecule has 1 fully saturated rings. The number of amides is 1. The summed E-state index contributed by atoms with van der Waals surface area (Å²) in [6.45, 7) is 1.46. The molecule has 1 saturated heterocycles. The average Bonchev–Trinajstić information content (AvgIpc) is 2.96. The van der Waals surface area contributed by atoms with Crippen molar-refractivity contribution < 1.29 is 14.7 Å². The number of aromatic amines is 1. The summed E-state index contributed by atoms with van der Waals surface area (Å²) in [5.41, 5.74) is 3.53. The normalized spacial score (nSPS) is 22.0. The first kappa shape index (κ1) is 16.0. The van der Waals surface area contributed by atoms with Crippen LogP contribution in [0.25, 0.3) is 0 Å². The topological polar surface area (TPSA) is 89.5 Å². The van der Waals surface area contributed by atoms with Gasteiger partial charge in [-0.15, -0.1) is 0 Å². The number of likely N-dealkylation sites (N-methyl/N-ethyl adjacent to an activating group) is 1. The fraction of sp³-hybridized carbons (Fsp3) is 0.688. The number of nitrogens with zero attached hydrogens (tertiary/aromatic N) is 3. The van der Waals surface area contributed by atoms with E-state index in [1.54, 1.807) is 16.8 Å². The van der Waals surface area contributed by atoms with Crippen LogP contribution in [0.2, 0.25) is 0 Å². The van der Waals surface area contributed by atoms with Crippen molar-refractivity contribution in [2.24, 2.45) is 0 Å². The second-order valence-electron chi connectivity index (χ2n) is 6.51. The molecule has 1 aliphatic heterocycles. The molecule has 0 bridgehead atoms. The van der Waals surface area contributed by atoms with E-state index in [-0.39, 0.29) is 12.5 Å². The quantitative estimate of drug-likeness (QED) is 0.841. The number of piperazine rings is 1. The molecule has 1 aliphatic carbocycles. The average molecular weight is 320 g/mol. The molecule has 0 unspecified atom stereocenters. The fourth-order valence-electron chi connectivity index (χ4n) is 3.51. The minimum absolute atomic E-state index is 0.0249. The van der Waals surface area contributed by atoms with Gasteiger partial charge in [-0.25, -0.2) is 0 Å². The largest absolute Gasteiger partial charge is 0.480 e. The zero-order valence-corrected chi connectivity index (χ0v) is 13.5. The predicted octanol–water partition coefficient (Wildman–Crippen LogP) is 0.448. The van der Waals surface area contributed by atoms with E-state index in [0.717, 1.165) is 18.5 Å². The summed E-state index contributed by atoms with van der Waals surface area (Å²) in [7, 11) is 1.79. The Labute approximate surface area is 135 Å². The number of carbonyl (C=O) groups is 2. The molecule has 0 spiro atoms.